The lowest BCUT2D eigenvalue weighted by atomic mass is 10.1. The van der Waals surface area contributed by atoms with Crippen molar-refractivity contribution >= 4 is 74.1 Å². The maximum Gasteiger partial charge on any atom is 0.260 e. The van der Waals surface area contributed by atoms with Crippen LogP contribution in [0, 0.1) is 0 Å². The van der Waals surface area contributed by atoms with Crippen LogP contribution < -0.4 is 9.80 Å². The number of rotatable bonds is 6. The van der Waals surface area contributed by atoms with Crippen molar-refractivity contribution in [1.82, 2.24) is 9.88 Å². The van der Waals surface area contributed by atoms with E-state index in [4.69, 9.17) is 11.6 Å². The Bertz CT molecular complexity index is 1150. The number of carbonyl (C=O) groups excluding carboxylic acids is 3. The molecule has 2 aromatic carbocycles. The van der Waals surface area contributed by atoms with E-state index in [9.17, 15) is 14.4 Å². The minimum atomic E-state index is -0.218. The van der Waals surface area contributed by atoms with E-state index in [1.54, 1.807) is 35.2 Å². The summed E-state index contributed by atoms with van der Waals surface area (Å²) >= 11 is 7.51. The van der Waals surface area contributed by atoms with Gasteiger partial charge in [-0.2, -0.15) is 0 Å². The van der Waals surface area contributed by atoms with Crippen LogP contribution in [0.5, 0.6) is 0 Å². The van der Waals surface area contributed by atoms with Gasteiger partial charge in [0.2, 0.25) is 11.8 Å². The highest BCUT2D eigenvalue weighted by Gasteiger charge is 2.30. The molecule has 1 saturated heterocycles. The van der Waals surface area contributed by atoms with Gasteiger partial charge < -0.3 is 4.90 Å². The molecule has 0 unspecified atom stereocenters. The minimum absolute atomic E-state index is 0. The average Bonchev–Trinajstić information content (AvgIpc) is 3.30. The van der Waals surface area contributed by atoms with Gasteiger partial charge in [-0.25, -0.2) is 4.98 Å². The van der Waals surface area contributed by atoms with Crippen LogP contribution in [-0.2, 0) is 9.59 Å². The standard InChI is InChI=1S/C22H21ClN4O3S.ClH/c1-25(2)11-12-26(22-24-17-8-5-15(23)13-18(17)31-22)21(30)14-3-6-16(7-4-14)27-19(28)9-10-20(27)29;/h3-8,13H,9-12H2,1-2H3;1H. The molecule has 0 atom stereocenters. The number of thiazole rings is 1. The predicted molar refractivity (Wildman–Crippen MR) is 130 cm³/mol. The molecule has 0 aliphatic carbocycles. The maximum atomic E-state index is 13.4. The number of anilines is 2. The average molecular weight is 493 g/mol. The fourth-order valence-corrected chi connectivity index (χ4v) is 4.63. The van der Waals surface area contributed by atoms with Crippen molar-refractivity contribution in [2.45, 2.75) is 12.8 Å². The molecule has 4 rings (SSSR count). The Hall–Kier alpha value is -2.52. The maximum absolute atomic E-state index is 13.4. The summed E-state index contributed by atoms with van der Waals surface area (Å²) < 4.78 is 0.909. The van der Waals surface area contributed by atoms with Crippen LogP contribution >= 0.6 is 35.3 Å². The fourth-order valence-electron chi connectivity index (χ4n) is 3.36. The number of aromatic nitrogens is 1. The second-order valence-corrected chi connectivity index (χ2v) is 8.98. The van der Waals surface area contributed by atoms with Gasteiger partial charge in [-0.15, -0.1) is 12.4 Å². The highest BCUT2D eigenvalue weighted by atomic mass is 35.5. The zero-order valence-corrected chi connectivity index (χ0v) is 20.0. The summed E-state index contributed by atoms with van der Waals surface area (Å²) in [4.78, 5) is 46.7. The third-order valence-corrected chi connectivity index (χ3v) is 6.29. The summed E-state index contributed by atoms with van der Waals surface area (Å²) in [6, 6.07) is 12.0. The number of hydrogen-bond acceptors (Lipinski definition) is 6. The summed E-state index contributed by atoms with van der Waals surface area (Å²) in [6.45, 7) is 1.13. The van der Waals surface area contributed by atoms with Crippen LogP contribution in [0.15, 0.2) is 42.5 Å². The van der Waals surface area contributed by atoms with E-state index < -0.39 is 0 Å². The second kappa shape index (κ2) is 9.95. The van der Waals surface area contributed by atoms with Gasteiger partial charge in [-0.3, -0.25) is 24.2 Å². The SMILES string of the molecule is CN(C)CCN(C(=O)c1ccc(N2C(=O)CCC2=O)cc1)c1nc2ccc(Cl)cc2s1.Cl. The molecule has 1 aliphatic heterocycles. The fraction of sp³-hybridized carbons (Fsp3) is 0.273. The summed E-state index contributed by atoms with van der Waals surface area (Å²) in [5, 5.41) is 1.22. The summed E-state index contributed by atoms with van der Waals surface area (Å²) in [6.07, 6.45) is 0.443. The molecule has 2 heterocycles. The Morgan fingerprint density at radius 1 is 1.06 bits per heavy atom. The first-order chi connectivity index (χ1) is 14.8. The third-order valence-electron chi connectivity index (χ3n) is 5.01. The van der Waals surface area contributed by atoms with Gasteiger partial charge in [0, 0.05) is 36.5 Å². The lowest BCUT2D eigenvalue weighted by Gasteiger charge is -2.22. The van der Waals surface area contributed by atoms with Crippen LogP contribution in [0.1, 0.15) is 23.2 Å². The molecule has 7 nitrogen and oxygen atoms in total. The summed E-state index contributed by atoms with van der Waals surface area (Å²) in [5.41, 5.74) is 1.73. The molecule has 1 fully saturated rings. The van der Waals surface area contributed by atoms with Crippen molar-refractivity contribution in [3.63, 3.8) is 0 Å². The van der Waals surface area contributed by atoms with Crippen LogP contribution in [0.3, 0.4) is 0 Å². The molecule has 0 N–H and O–H groups in total. The Morgan fingerprint density at radius 2 is 1.72 bits per heavy atom. The van der Waals surface area contributed by atoms with Gasteiger partial charge in [0.15, 0.2) is 5.13 Å². The van der Waals surface area contributed by atoms with Gasteiger partial charge in [0.25, 0.3) is 5.91 Å². The topological polar surface area (TPSA) is 73.8 Å². The molecule has 0 saturated carbocycles. The van der Waals surface area contributed by atoms with Gasteiger partial charge in [-0.05, 0) is 56.6 Å². The first-order valence-corrected chi connectivity index (χ1v) is 11.0. The number of hydrogen-bond donors (Lipinski definition) is 0. The van der Waals surface area contributed by atoms with Crippen LogP contribution in [0.4, 0.5) is 10.8 Å². The molecule has 1 aliphatic rings. The van der Waals surface area contributed by atoms with Crippen LogP contribution in [0.25, 0.3) is 10.2 Å². The molecule has 3 aromatic rings. The molecule has 3 amide bonds. The molecule has 10 heteroatoms. The van der Waals surface area contributed by atoms with E-state index in [1.807, 2.05) is 31.1 Å². The van der Waals surface area contributed by atoms with Crippen LogP contribution in [0.2, 0.25) is 5.02 Å². The van der Waals surface area contributed by atoms with Crippen molar-refractivity contribution < 1.29 is 14.4 Å². The van der Waals surface area contributed by atoms with E-state index in [-0.39, 0.29) is 43.0 Å². The Morgan fingerprint density at radius 3 is 2.34 bits per heavy atom. The molecular formula is C22H22Cl2N4O3S. The lowest BCUT2D eigenvalue weighted by molar-refractivity contribution is -0.121. The van der Waals surface area contributed by atoms with Crippen molar-refractivity contribution in [2.24, 2.45) is 0 Å². The third kappa shape index (κ3) is 4.94. The summed E-state index contributed by atoms with van der Waals surface area (Å²) in [5.74, 6) is -0.632. The number of carbonyl (C=O) groups is 3. The van der Waals surface area contributed by atoms with Crippen molar-refractivity contribution in [3.05, 3.63) is 53.1 Å². The Balaban J connectivity index is 0.00000289. The molecule has 0 bridgehead atoms. The van der Waals surface area contributed by atoms with Crippen LogP contribution in [-0.4, -0.2) is 54.8 Å². The number of nitrogens with zero attached hydrogens (tertiary/aromatic N) is 4. The smallest absolute Gasteiger partial charge is 0.260 e. The van der Waals surface area contributed by atoms with E-state index in [0.717, 1.165) is 10.2 Å². The first kappa shape index (κ1) is 24.1. The first-order valence-electron chi connectivity index (χ1n) is 9.82. The number of likely N-dealkylation sites (N-methyl/N-ethyl adjacent to an activating group) is 1. The predicted octanol–water partition coefficient (Wildman–Crippen LogP) is 4.23. The largest absolute Gasteiger partial charge is 0.308 e. The van der Waals surface area contributed by atoms with Crippen molar-refractivity contribution in [3.8, 4) is 0 Å². The van der Waals surface area contributed by atoms with Gasteiger partial charge in [0.1, 0.15) is 0 Å². The highest BCUT2D eigenvalue weighted by Crippen LogP contribution is 2.32. The number of halogens is 2. The van der Waals surface area contributed by atoms with Gasteiger partial charge in [-0.1, -0.05) is 22.9 Å². The zero-order chi connectivity index (χ0) is 22.1. The van der Waals surface area contributed by atoms with E-state index in [0.29, 0.717) is 34.5 Å². The zero-order valence-electron chi connectivity index (χ0n) is 17.6. The van der Waals surface area contributed by atoms with Crippen molar-refractivity contribution in [2.75, 3.05) is 37.0 Å². The van der Waals surface area contributed by atoms with E-state index >= 15 is 0 Å². The molecule has 168 valence electrons. The Kier molecular flexibility index (Phi) is 7.51. The molecule has 32 heavy (non-hydrogen) atoms. The van der Waals surface area contributed by atoms with Gasteiger partial charge >= 0.3 is 0 Å². The Labute approximate surface area is 201 Å². The monoisotopic (exact) mass is 492 g/mol. The molecular weight excluding hydrogens is 471 g/mol. The number of amides is 3. The van der Waals surface area contributed by atoms with E-state index in [1.165, 1.54) is 16.2 Å². The lowest BCUT2D eigenvalue weighted by Crippen LogP contribution is -2.36. The molecule has 1 aromatic heterocycles. The second-order valence-electron chi connectivity index (χ2n) is 7.54. The normalized spacial score (nSPS) is 13.7. The van der Waals surface area contributed by atoms with E-state index in [2.05, 4.69) is 4.98 Å². The number of benzene rings is 2. The quantitative estimate of drug-likeness (QED) is 0.481. The van der Waals surface area contributed by atoms with Crippen molar-refractivity contribution in [1.29, 1.82) is 0 Å². The molecule has 0 spiro atoms. The summed E-state index contributed by atoms with van der Waals surface area (Å²) in [7, 11) is 3.89. The highest BCUT2D eigenvalue weighted by molar-refractivity contribution is 7.22. The number of fused-ring (bicyclic) bond motifs is 1. The van der Waals surface area contributed by atoms with Gasteiger partial charge in [0.05, 0.1) is 15.9 Å². The minimum Gasteiger partial charge on any atom is -0.308 e. The number of imide groups is 1. The molecule has 0 radical (unpaired) electrons.